The molecule has 2 rings (SSSR count). The summed E-state index contributed by atoms with van der Waals surface area (Å²) in [4.78, 5) is 22.7. The van der Waals surface area contributed by atoms with Gasteiger partial charge >= 0.3 is 5.97 Å². The highest BCUT2D eigenvalue weighted by molar-refractivity contribution is 5.94. The highest BCUT2D eigenvalue weighted by Gasteiger charge is 2.25. The predicted molar refractivity (Wildman–Crippen MR) is 78.3 cm³/mol. The van der Waals surface area contributed by atoms with Gasteiger partial charge in [0.25, 0.3) is 5.91 Å². The summed E-state index contributed by atoms with van der Waals surface area (Å²) in [5.74, 6) is -1.38. The molecule has 5 nitrogen and oxygen atoms in total. The maximum atomic E-state index is 12.1. The molecule has 0 spiro atoms. The van der Waals surface area contributed by atoms with E-state index in [0.717, 1.165) is 19.3 Å². The summed E-state index contributed by atoms with van der Waals surface area (Å²) >= 11 is 0. The number of nitrogens with one attached hydrogen (secondary N) is 1. The number of carboxylic acids is 1. The van der Waals surface area contributed by atoms with Crippen molar-refractivity contribution in [2.45, 2.75) is 44.6 Å². The van der Waals surface area contributed by atoms with E-state index in [1.54, 1.807) is 6.07 Å². The number of carbonyl (C=O) groups is 2. The third kappa shape index (κ3) is 4.29. The molecule has 0 aromatic heterocycles. The number of rotatable bonds is 5. The van der Waals surface area contributed by atoms with Crippen LogP contribution in [0.1, 0.15) is 47.7 Å². The molecule has 0 radical (unpaired) electrons. The molecular weight excluding hydrogens is 270 g/mol. The maximum Gasteiger partial charge on any atom is 0.306 e. The Morgan fingerprint density at radius 1 is 1.24 bits per heavy atom. The number of aliphatic hydroxyl groups is 1. The summed E-state index contributed by atoms with van der Waals surface area (Å²) < 4.78 is 0. The van der Waals surface area contributed by atoms with Crippen LogP contribution in [0.2, 0.25) is 0 Å². The minimum Gasteiger partial charge on any atom is -0.481 e. The van der Waals surface area contributed by atoms with Crippen LogP contribution in [0.25, 0.3) is 0 Å². The standard InChI is InChI=1S/C16H21NO4/c1-16(21,9-14(18)19)10-17-15(20)13-7-6-11-4-2-3-5-12(11)8-13/h6-8,21H,2-5,9-10H2,1H3,(H,17,20)(H,18,19). The average Bonchev–Trinajstić information content (AvgIpc) is 2.43. The van der Waals surface area contributed by atoms with Crippen LogP contribution >= 0.6 is 0 Å². The van der Waals surface area contributed by atoms with Crippen molar-refractivity contribution >= 4 is 11.9 Å². The quantitative estimate of drug-likeness (QED) is 0.767. The lowest BCUT2D eigenvalue weighted by Crippen LogP contribution is -2.42. The Labute approximate surface area is 124 Å². The first-order valence-corrected chi connectivity index (χ1v) is 7.21. The van der Waals surface area contributed by atoms with Gasteiger partial charge in [0.05, 0.1) is 12.0 Å². The second-order valence-electron chi connectivity index (χ2n) is 5.94. The number of carboxylic acid groups (broad SMARTS) is 1. The first-order valence-electron chi connectivity index (χ1n) is 7.21. The number of hydrogen-bond acceptors (Lipinski definition) is 3. The van der Waals surface area contributed by atoms with E-state index in [1.165, 1.54) is 24.5 Å². The lowest BCUT2D eigenvalue weighted by atomic mass is 9.90. The summed E-state index contributed by atoms with van der Waals surface area (Å²) in [5.41, 5.74) is 1.62. The molecule has 0 saturated carbocycles. The summed E-state index contributed by atoms with van der Waals surface area (Å²) in [6.45, 7) is 1.31. The Morgan fingerprint density at radius 3 is 2.57 bits per heavy atom. The number of hydrogen-bond donors (Lipinski definition) is 3. The summed E-state index contributed by atoms with van der Waals surface area (Å²) in [6.07, 6.45) is 3.98. The average molecular weight is 291 g/mol. The zero-order chi connectivity index (χ0) is 15.5. The number of amides is 1. The summed E-state index contributed by atoms with van der Waals surface area (Å²) in [7, 11) is 0. The monoisotopic (exact) mass is 291 g/mol. The van der Waals surface area contributed by atoms with Crippen molar-refractivity contribution < 1.29 is 19.8 Å². The fourth-order valence-electron chi connectivity index (χ4n) is 2.64. The van der Waals surface area contributed by atoms with E-state index in [2.05, 4.69) is 5.32 Å². The SMILES string of the molecule is CC(O)(CNC(=O)c1ccc2c(c1)CCCC2)CC(=O)O. The first kappa shape index (κ1) is 15.5. The zero-order valence-corrected chi connectivity index (χ0v) is 12.2. The Kier molecular flexibility index (Phi) is 4.63. The molecule has 0 aliphatic heterocycles. The Hall–Kier alpha value is -1.88. The highest BCUT2D eigenvalue weighted by Crippen LogP contribution is 2.22. The Balaban J connectivity index is 1.99. The van der Waals surface area contributed by atoms with Crippen LogP contribution < -0.4 is 5.32 Å². The number of aliphatic carboxylic acids is 1. The van der Waals surface area contributed by atoms with Crippen LogP contribution in [0.5, 0.6) is 0 Å². The number of aryl methyl sites for hydroxylation is 2. The number of fused-ring (bicyclic) bond motifs is 1. The normalized spacial score (nSPS) is 16.7. The molecule has 114 valence electrons. The van der Waals surface area contributed by atoms with Crippen molar-refractivity contribution in [2.24, 2.45) is 0 Å². The van der Waals surface area contributed by atoms with Crippen LogP contribution in [-0.4, -0.2) is 34.2 Å². The van der Waals surface area contributed by atoms with Gasteiger partial charge in [0, 0.05) is 12.1 Å². The molecule has 1 aliphatic carbocycles. The lowest BCUT2D eigenvalue weighted by Gasteiger charge is -2.22. The van der Waals surface area contributed by atoms with Crippen LogP contribution in [0.3, 0.4) is 0 Å². The molecular formula is C16H21NO4. The van der Waals surface area contributed by atoms with Crippen LogP contribution in [0.15, 0.2) is 18.2 Å². The van der Waals surface area contributed by atoms with Gasteiger partial charge in [0.2, 0.25) is 0 Å². The van der Waals surface area contributed by atoms with Crippen molar-refractivity contribution in [3.8, 4) is 0 Å². The molecule has 1 amide bonds. The van der Waals surface area contributed by atoms with E-state index >= 15 is 0 Å². The van der Waals surface area contributed by atoms with E-state index in [0.29, 0.717) is 5.56 Å². The third-order valence-electron chi connectivity index (χ3n) is 3.77. The second-order valence-corrected chi connectivity index (χ2v) is 5.94. The van der Waals surface area contributed by atoms with E-state index in [1.807, 2.05) is 12.1 Å². The Bertz CT molecular complexity index is 551. The van der Waals surface area contributed by atoms with Crippen molar-refractivity contribution in [1.29, 1.82) is 0 Å². The predicted octanol–water partition coefficient (Wildman–Crippen LogP) is 1.52. The van der Waals surface area contributed by atoms with Gasteiger partial charge in [0.15, 0.2) is 0 Å². The molecule has 21 heavy (non-hydrogen) atoms. The van der Waals surface area contributed by atoms with E-state index in [4.69, 9.17) is 5.11 Å². The first-order chi connectivity index (χ1) is 9.87. The third-order valence-corrected chi connectivity index (χ3v) is 3.77. The van der Waals surface area contributed by atoms with Crippen LogP contribution in [-0.2, 0) is 17.6 Å². The largest absolute Gasteiger partial charge is 0.481 e. The summed E-state index contributed by atoms with van der Waals surface area (Å²) in [6, 6.07) is 5.67. The fraction of sp³-hybridized carbons (Fsp3) is 0.500. The second kappa shape index (κ2) is 6.26. The van der Waals surface area contributed by atoms with Crippen molar-refractivity contribution in [3.63, 3.8) is 0 Å². The molecule has 0 fully saturated rings. The maximum absolute atomic E-state index is 12.1. The van der Waals surface area contributed by atoms with Gasteiger partial charge in [0.1, 0.15) is 0 Å². The molecule has 0 bridgehead atoms. The number of benzene rings is 1. The summed E-state index contributed by atoms with van der Waals surface area (Å²) in [5, 5.41) is 21.2. The van der Waals surface area contributed by atoms with Gasteiger partial charge in [-0.05, 0) is 55.9 Å². The zero-order valence-electron chi connectivity index (χ0n) is 12.2. The smallest absolute Gasteiger partial charge is 0.306 e. The molecule has 1 aliphatic rings. The van der Waals surface area contributed by atoms with Crippen LogP contribution in [0.4, 0.5) is 0 Å². The van der Waals surface area contributed by atoms with Crippen molar-refractivity contribution in [3.05, 3.63) is 34.9 Å². The molecule has 1 atom stereocenters. The van der Waals surface area contributed by atoms with Crippen molar-refractivity contribution in [1.82, 2.24) is 5.32 Å². The molecule has 1 aromatic carbocycles. The van der Waals surface area contributed by atoms with Gasteiger partial charge in [-0.1, -0.05) is 6.07 Å². The molecule has 0 heterocycles. The lowest BCUT2D eigenvalue weighted by molar-refractivity contribution is -0.141. The molecule has 1 unspecified atom stereocenters. The minimum atomic E-state index is -1.45. The molecule has 1 aromatic rings. The minimum absolute atomic E-state index is 0.0881. The topological polar surface area (TPSA) is 86.6 Å². The van der Waals surface area contributed by atoms with Gasteiger partial charge in [-0.25, -0.2) is 0 Å². The van der Waals surface area contributed by atoms with E-state index in [9.17, 15) is 14.7 Å². The highest BCUT2D eigenvalue weighted by atomic mass is 16.4. The van der Waals surface area contributed by atoms with Crippen LogP contribution in [0, 0.1) is 0 Å². The van der Waals surface area contributed by atoms with Crippen molar-refractivity contribution in [2.75, 3.05) is 6.54 Å². The molecule has 0 saturated heterocycles. The van der Waals surface area contributed by atoms with E-state index in [-0.39, 0.29) is 12.5 Å². The van der Waals surface area contributed by atoms with E-state index < -0.39 is 18.0 Å². The Morgan fingerprint density at radius 2 is 1.90 bits per heavy atom. The number of carbonyl (C=O) groups excluding carboxylic acids is 1. The van der Waals surface area contributed by atoms with Gasteiger partial charge in [-0.2, -0.15) is 0 Å². The molecule has 3 N–H and O–H groups in total. The van der Waals surface area contributed by atoms with Gasteiger partial charge < -0.3 is 15.5 Å². The van der Waals surface area contributed by atoms with Gasteiger partial charge in [-0.15, -0.1) is 0 Å². The fourth-order valence-corrected chi connectivity index (χ4v) is 2.64. The van der Waals surface area contributed by atoms with Gasteiger partial charge in [-0.3, -0.25) is 9.59 Å². The molecule has 5 heteroatoms.